The maximum Gasteiger partial charge on any atom is 0.304 e. The van der Waals surface area contributed by atoms with Gasteiger partial charge in [0.1, 0.15) is 0 Å². The fraction of sp³-hybridized carbons (Fsp3) is 0.556. The molecule has 0 aliphatic heterocycles. The fourth-order valence-electron chi connectivity index (χ4n) is 1.94. The van der Waals surface area contributed by atoms with Crippen molar-refractivity contribution in [3.05, 3.63) is 10.6 Å². The topological polar surface area (TPSA) is 76.2 Å². The van der Waals surface area contributed by atoms with Crippen LogP contribution < -0.4 is 5.73 Å². The minimum atomic E-state index is -0.755. The lowest BCUT2D eigenvalue weighted by atomic mass is 9.89. The van der Waals surface area contributed by atoms with Crippen LogP contribution in [0.2, 0.25) is 0 Å². The molecule has 3 N–H and O–H groups in total. The van der Waals surface area contributed by atoms with Crippen LogP contribution in [-0.4, -0.2) is 16.1 Å². The van der Waals surface area contributed by atoms with Crippen LogP contribution in [0, 0.1) is 0 Å². The standard InChI is InChI=1S/C9H12N2O2S/c10-9-11-8-5(4-7(12)13)2-1-3-6(8)14-9/h5H,1-4H2,(H2,10,11)(H,12,13). The SMILES string of the molecule is Nc1nc2c(s1)CCCC2CC(=O)O. The molecule has 5 heteroatoms. The van der Waals surface area contributed by atoms with E-state index >= 15 is 0 Å². The Morgan fingerprint density at radius 1 is 1.71 bits per heavy atom. The van der Waals surface area contributed by atoms with Gasteiger partial charge in [0.2, 0.25) is 0 Å². The van der Waals surface area contributed by atoms with Gasteiger partial charge in [-0.15, -0.1) is 11.3 Å². The van der Waals surface area contributed by atoms with Crippen LogP contribution in [0.5, 0.6) is 0 Å². The van der Waals surface area contributed by atoms with E-state index in [4.69, 9.17) is 10.8 Å². The average molecular weight is 212 g/mol. The zero-order valence-electron chi connectivity index (χ0n) is 7.69. The lowest BCUT2D eigenvalue weighted by molar-refractivity contribution is -0.137. The highest BCUT2D eigenvalue weighted by molar-refractivity contribution is 7.15. The molecular formula is C9H12N2O2S. The van der Waals surface area contributed by atoms with Gasteiger partial charge in [-0.25, -0.2) is 4.98 Å². The maximum atomic E-state index is 10.6. The molecule has 1 aromatic heterocycles. The zero-order valence-corrected chi connectivity index (χ0v) is 8.51. The van der Waals surface area contributed by atoms with Crippen LogP contribution in [0.3, 0.4) is 0 Å². The Hall–Kier alpha value is -1.10. The summed E-state index contributed by atoms with van der Waals surface area (Å²) in [5.41, 5.74) is 6.54. The van der Waals surface area contributed by atoms with Gasteiger partial charge in [-0.1, -0.05) is 0 Å². The molecule has 1 unspecified atom stereocenters. The Labute approximate surface area is 85.8 Å². The van der Waals surface area contributed by atoms with Crippen LogP contribution in [0.1, 0.15) is 35.8 Å². The summed E-state index contributed by atoms with van der Waals surface area (Å²) in [7, 11) is 0. The molecule has 0 spiro atoms. The second kappa shape index (κ2) is 3.57. The number of anilines is 1. The van der Waals surface area contributed by atoms with Crippen molar-refractivity contribution in [2.24, 2.45) is 0 Å². The molecule has 1 aliphatic carbocycles. The molecule has 0 radical (unpaired) electrons. The summed E-state index contributed by atoms with van der Waals surface area (Å²) in [5, 5.41) is 9.30. The number of carbonyl (C=O) groups is 1. The first-order chi connectivity index (χ1) is 6.66. The molecular weight excluding hydrogens is 200 g/mol. The zero-order chi connectivity index (χ0) is 10.1. The third-order valence-corrected chi connectivity index (χ3v) is 3.47. The summed E-state index contributed by atoms with van der Waals surface area (Å²) in [6, 6.07) is 0. The van der Waals surface area contributed by atoms with Crippen molar-refractivity contribution in [1.29, 1.82) is 0 Å². The van der Waals surface area contributed by atoms with Crippen molar-refractivity contribution in [2.75, 3.05) is 5.73 Å². The van der Waals surface area contributed by atoms with Crippen LogP contribution >= 0.6 is 11.3 Å². The Morgan fingerprint density at radius 2 is 2.50 bits per heavy atom. The molecule has 2 rings (SSSR count). The lowest BCUT2D eigenvalue weighted by Crippen LogP contribution is -2.12. The summed E-state index contributed by atoms with van der Waals surface area (Å²) in [6.45, 7) is 0. The number of aromatic nitrogens is 1. The van der Waals surface area contributed by atoms with Gasteiger partial charge in [0.15, 0.2) is 5.13 Å². The Kier molecular flexibility index (Phi) is 2.41. The predicted molar refractivity (Wildman–Crippen MR) is 54.5 cm³/mol. The largest absolute Gasteiger partial charge is 0.481 e. The number of nitrogens with two attached hydrogens (primary N) is 1. The van der Waals surface area contributed by atoms with Crippen molar-refractivity contribution in [1.82, 2.24) is 4.98 Å². The number of rotatable bonds is 2. The van der Waals surface area contributed by atoms with Gasteiger partial charge in [-0.05, 0) is 19.3 Å². The quantitative estimate of drug-likeness (QED) is 0.781. The predicted octanol–water partition coefficient (Wildman–Crippen LogP) is 1.62. The lowest BCUT2D eigenvalue weighted by Gasteiger charge is -2.18. The van der Waals surface area contributed by atoms with E-state index in [0.29, 0.717) is 5.13 Å². The van der Waals surface area contributed by atoms with Crippen LogP contribution in [0.4, 0.5) is 5.13 Å². The number of fused-ring (bicyclic) bond motifs is 1. The van der Waals surface area contributed by atoms with E-state index < -0.39 is 5.97 Å². The number of nitrogens with zero attached hydrogens (tertiary/aromatic N) is 1. The number of carboxylic acid groups (broad SMARTS) is 1. The van der Waals surface area contributed by atoms with Crippen LogP contribution in [0.25, 0.3) is 0 Å². The molecule has 1 atom stereocenters. The van der Waals surface area contributed by atoms with Crippen molar-refractivity contribution in [3.63, 3.8) is 0 Å². The van der Waals surface area contributed by atoms with Crippen LogP contribution in [-0.2, 0) is 11.2 Å². The van der Waals surface area contributed by atoms with Gasteiger partial charge in [0.05, 0.1) is 12.1 Å². The Morgan fingerprint density at radius 3 is 3.21 bits per heavy atom. The molecule has 0 saturated carbocycles. The smallest absolute Gasteiger partial charge is 0.304 e. The molecule has 0 saturated heterocycles. The number of thiazole rings is 1. The molecule has 0 aromatic carbocycles. The highest BCUT2D eigenvalue weighted by Crippen LogP contribution is 2.37. The van der Waals surface area contributed by atoms with Gasteiger partial charge >= 0.3 is 5.97 Å². The van der Waals surface area contributed by atoms with Gasteiger partial charge in [-0.3, -0.25) is 4.79 Å². The van der Waals surface area contributed by atoms with E-state index in [2.05, 4.69) is 4.98 Å². The van der Waals surface area contributed by atoms with Crippen molar-refractivity contribution in [2.45, 2.75) is 31.6 Å². The summed E-state index contributed by atoms with van der Waals surface area (Å²) in [5.74, 6) is -0.681. The van der Waals surface area contributed by atoms with Gasteiger partial charge in [-0.2, -0.15) is 0 Å². The van der Waals surface area contributed by atoms with Gasteiger partial charge in [0, 0.05) is 10.8 Å². The fourth-order valence-corrected chi connectivity index (χ4v) is 2.90. The van der Waals surface area contributed by atoms with Crippen molar-refractivity contribution >= 4 is 22.4 Å². The molecule has 1 aliphatic rings. The average Bonchev–Trinajstić information content (AvgIpc) is 2.45. The normalized spacial score (nSPS) is 20.4. The van der Waals surface area contributed by atoms with Crippen LogP contribution in [0.15, 0.2) is 0 Å². The molecule has 1 aromatic rings. The molecule has 76 valence electrons. The molecule has 14 heavy (non-hydrogen) atoms. The number of hydrogen-bond acceptors (Lipinski definition) is 4. The summed E-state index contributed by atoms with van der Waals surface area (Å²) >= 11 is 1.49. The van der Waals surface area contributed by atoms with E-state index in [1.165, 1.54) is 16.2 Å². The number of aliphatic carboxylic acids is 1. The highest BCUT2D eigenvalue weighted by atomic mass is 32.1. The second-order valence-corrected chi connectivity index (χ2v) is 4.66. The Balaban J connectivity index is 2.25. The summed E-state index contributed by atoms with van der Waals surface area (Å²) < 4.78 is 0. The third kappa shape index (κ3) is 1.72. The van der Waals surface area contributed by atoms with E-state index in [1.807, 2.05) is 0 Å². The van der Waals surface area contributed by atoms with Gasteiger partial charge in [0.25, 0.3) is 0 Å². The van der Waals surface area contributed by atoms with E-state index in [9.17, 15) is 4.79 Å². The maximum absolute atomic E-state index is 10.6. The van der Waals surface area contributed by atoms with E-state index in [-0.39, 0.29) is 12.3 Å². The summed E-state index contributed by atoms with van der Waals surface area (Å²) in [6.07, 6.45) is 3.14. The minimum absolute atomic E-state index is 0.0739. The summed E-state index contributed by atoms with van der Waals surface area (Å²) in [4.78, 5) is 16.0. The van der Waals surface area contributed by atoms with E-state index in [0.717, 1.165) is 25.0 Å². The first-order valence-electron chi connectivity index (χ1n) is 4.63. The minimum Gasteiger partial charge on any atom is -0.481 e. The highest BCUT2D eigenvalue weighted by Gasteiger charge is 2.25. The first-order valence-corrected chi connectivity index (χ1v) is 5.45. The number of carboxylic acids is 1. The Bertz CT molecular complexity index is 362. The molecule has 1 heterocycles. The van der Waals surface area contributed by atoms with Crippen molar-refractivity contribution < 1.29 is 9.90 Å². The first kappa shape index (κ1) is 9.45. The molecule has 0 amide bonds. The second-order valence-electron chi connectivity index (χ2n) is 3.55. The monoisotopic (exact) mass is 212 g/mol. The van der Waals surface area contributed by atoms with Crippen molar-refractivity contribution in [3.8, 4) is 0 Å². The van der Waals surface area contributed by atoms with Gasteiger partial charge < -0.3 is 10.8 Å². The molecule has 0 fully saturated rings. The molecule has 0 bridgehead atoms. The number of aryl methyl sites for hydroxylation is 1. The van der Waals surface area contributed by atoms with E-state index in [1.54, 1.807) is 0 Å². The number of hydrogen-bond donors (Lipinski definition) is 2. The number of nitrogen functional groups attached to an aromatic ring is 1. The third-order valence-electron chi connectivity index (χ3n) is 2.51. The molecule has 4 nitrogen and oxygen atoms in total.